The summed E-state index contributed by atoms with van der Waals surface area (Å²) in [4.78, 5) is 15.3. The highest BCUT2D eigenvalue weighted by atomic mass is 32.2. The van der Waals surface area contributed by atoms with Crippen LogP contribution in [0.3, 0.4) is 0 Å². The smallest absolute Gasteiger partial charge is 0.274 e. The number of tetrazole rings is 1. The Hall–Kier alpha value is -3.90. The van der Waals surface area contributed by atoms with Crippen molar-refractivity contribution in [2.75, 3.05) is 26.3 Å². The van der Waals surface area contributed by atoms with Gasteiger partial charge in [-0.05, 0) is 23.4 Å². The fraction of sp³-hybridized carbons (Fsp3) is 0.227. The van der Waals surface area contributed by atoms with Gasteiger partial charge in [0.15, 0.2) is 15.5 Å². The van der Waals surface area contributed by atoms with E-state index in [-0.39, 0.29) is 22.2 Å². The molecule has 11 nitrogen and oxygen atoms in total. The lowest BCUT2D eigenvalue weighted by atomic mass is 10.0. The molecule has 1 fully saturated rings. The summed E-state index contributed by atoms with van der Waals surface area (Å²) in [7, 11) is -3.64. The van der Waals surface area contributed by atoms with E-state index in [0.29, 0.717) is 60.2 Å². The van der Waals surface area contributed by atoms with Gasteiger partial charge in [0.25, 0.3) is 5.91 Å². The first kappa shape index (κ1) is 20.7. The number of ether oxygens (including phenoxy) is 1. The molecule has 0 atom stereocenters. The van der Waals surface area contributed by atoms with E-state index in [2.05, 4.69) is 25.7 Å². The number of H-pyrrole nitrogens is 1. The molecule has 2 aromatic carbocycles. The second kappa shape index (κ2) is 7.85. The number of amides is 1. The van der Waals surface area contributed by atoms with E-state index >= 15 is 0 Å². The summed E-state index contributed by atoms with van der Waals surface area (Å²) in [5.41, 5.74) is 3.00. The zero-order chi connectivity index (χ0) is 23.3. The monoisotopic (exact) mass is 477 g/mol. The average molecular weight is 478 g/mol. The maximum Gasteiger partial charge on any atom is 0.274 e. The molecular weight excluding hydrogens is 458 g/mol. The third-order valence-corrected chi connectivity index (χ3v) is 7.69. The maximum atomic E-state index is 13.5. The van der Waals surface area contributed by atoms with Gasteiger partial charge in [0.2, 0.25) is 5.82 Å². The van der Waals surface area contributed by atoms with Gasteiger partial charge in [-0.2, -0.15) is 10.3 Å². The van der Waals surface area contributed by atoms with Gasteiger partial charge >= 0.3 is 0 Å². The SMILES string of the molecule is O=C(c1nn(-c2cccc(-c3nn[nH]n3)c2)c2c1CS(=O)(=O)c1ccccc1-2)N1CCOCC1. The summed E-state index contributed by atoms with van der Waals surface area (Å²) < 4.78 is 33.3. The molecule has 1 saturated heterocycles. The van der Waals surface area contributed by atoms with Gasteiger partial charge in [0.05, 0.1) is 35.2 Å². The predicted molar refractivity (Wildman–Crippen MR) is 120 cm³/mol. The molecule has 1 N–H and O–H groups in total. The summed E-state index contributed by atoms with van der Waals surface area (Å²) in [6.45, 7) is 1.72. The molecule has 6 rings (SSSR count). The number of nitrogens with one attached hydrogen (secondary N) is 1. The Balaban J connectivity index is 1.57. The zero-order valence-electron chi connectivity index (χ0n) is 17.9. The predicted octanol–water partition coefficient (Wildman–Crippen LogP) is 1.48. The summed E-state index contributed by atoms with van der Waals surface area (Å²) in [5, 5.41) is 18.8. The van der Waals surface area contributed by atoms with Crippen LogP contribution in [0.15, 0.2) is 53.4 Å². The third-order valence-electron chi connectivity index (χ3n) is 5.99. The molecule has 0 aliphatic carbocycles. The molecule has 2 aliphatic rings. The zero-order valence-corrected chi connectivity index (χ0v) is 18.7. The molecular formula is C22H19N7O4S. The summed E-state index contributed by atoms with van der Waals surface area (Å²) in [6, 6.07) is 14.1. The van der Waals surface area contributed by atoms with Crippen molar-refractivity contribution in [3.05, 3.63) is 59.8 Å². The Morgan fingerprint density at radius 2 is 1.88 bits per heavy atom. The lowest BCUT2D eigenvalue weighted by Crippen LogP contribution is -2.41. The van der Waals surface area contributed by atoms with E-state index in [0.717, 1.165) is 0 Å². The molecule has 2 aromatic heterocycles. The second-order valence-electron chi connectivity index (χ2n) is 8.03. The Morgan fingerprint density at radius 3 is 2.68 bits per heavy atom. The minimum atomic E-state index is -3.64. The molecule has 1 amide bonds. The van der Waals surface area contributed by atoms with Crippen LogP contribution in [-0.4, -0.2) is 75.9 Å². The van der Waals surface area contributed by atoms with Crippen LogP contribution in [0, 0.1) is 0 Å². The fourth-order valence-electron chi connectivity index (χ4n) is 4.40. The van der Waals surface area contributed by atoms with Crippen molar-refractivity contribution in [3.63, 3.8) is 0 Å². The lowest BCUT2D eigenvalue weighted by Gasteiger charge is -2.26. The molecule has 0 spiro atoms. The summed E-state index contributed by atoms with van der Waals surface area (Å²) in [6.07, 6.45) is 0. The van der Waals surface area contributed by atoms with Gasteiger partial charge in [-0.15, -0.1) is 10.2 Å². The van der Waals surface area contributed by atoms with Gasteiger partial charge in [-0.3, -0.25) is 4.79 Å². The number of rotatable bonds is 3. The fourth-order valence-corrected chi connectivity index (χ4v) is 6.00. The highest BCUT2D eigenvalue weighted by Gasteiger charge is 2.37. The molecule has 0 unspecified atom stereocenters. The number of carbonyl (C=O) groups is 1. The molecule has 172 valence electrons. The highest BCUT2D eigenvalue weighted by Crippen LogP contribution is 2.41. The first-order valence-corrected chi connectivity index (χ1v) is 12.3. The van der Waals surface area contributed by atoms with Gasteiger partial charge in [-0.25, -0.2) is 13.1 Å². The molecule has 0 saturated carbocycles. The van der Waals surface area contributed by atoms with Crippen molar-refractivity contribution in [1.29, 1.82) is 0 Å². The molecule has 12 heteroatoms. The van der Waals surface area contributed by atoms with Crippen molar-refractivity contribution < 1.29 is 17.9 Å². The number of fused-ring (bicyclic) bond motifs is 3. The van der Waals surface area contributed by atoms with Crippen LogP contribution in [0.5, 0.6) is 0 Å². The third kappa shape index (κ3) is 3.30. The normalized spacial score (nSPS) is 16.6. The number of hydrogen-bond acceptors (Lipinski definition) is 8. The topological polar surface area (TPSA) is 136 Å². The van der Waals surface area contributed by atoms with E-state index in [4.69, 9.17) is 4.74 Å². The number of morpholine rings is 1. The highest BCUT2D eigenvalue weighted by molar-refractivity contribution is 7.90. The largest absolute Gasteiger partial charge is 0.378 e. The van der Waals surface area contributed by atoms with Crippen molar-refractivity contribution >= 4 is 15.7 Å². The van der Waals surface area contributed by atoms with Crippen molar-refractivity contribution in [2.24, 2.45) is 0 Å². The Morgan fingerprint density at radius 1 is 1.06 bits per heavy atom. The van der Waals surface area contributed by atoms with Crippen LogP contribution < -0.4 is 0 Å². The maximum absolute atomic E-state index is 13.5. The number of aromatic amines is 1. The van der Waals surface area contributed by atoms with Crippen LogP contribution in [0.25, 0.3) is 28.3 Å². The van der Waals surface area contributed by atoms with Crippen LogP contribution in [0.4, 0.5) is 0 Å². The standard InChI is InChI=1S/C22H19N7O4S/c30-22(28-8-10-33-11-9-28)19-17-13-34(31,32)18-7-2-1-6-16(18)20(17)29(25-19)15-5-3-4-14(12-15)21-23-26-27-24-21/h1-7,12H,8-11,13H2,(H,23,24,26,27). The number of aromatic nitrogens is 6. The Labute approximate surface area is 194 Å². The van der Waals surface area contributed by atoms with E-state index < -0.39 is 9.84 Å². The number of hydrogen-bond donors (Lipinski definition) is 1. The molecule has 2 aliphatic heterocycles. The van der Waals surface area contributed by atoms with Crippen molar-refractivity contribution in [3.8, 4) is 28.3 Å². The van der Waals surface area contributed by atoms with Crippen LogP contribution in [0.1, 0.15) is 16.1 Å². The molecule has 4 heterocycles. The minimum Gasteiger partial charge on any atom is -0.378 e. The molecule has 4 aromatic rings. The van der Waals surface area contributed by atoms with E-state index in [1.807, 2.05) is 24.3 Å². The lowest BCUT2D eigenvalue weighted by molar-refractivity contribution is 0.0298. The van der Waals surface area contributed by atoms with E-state index in [1.165, 1.54) is 0 Å². The van der Waals surface area contributed by atoms with Gasteiger partial charge in [-0.1, -0.05) is 30.3 Å². The first-order chi connectivity index (χ1) is 16.5. The number of carbonyl (C=O) groups excluding carboxylic acids is 1. The Kier molecular flexibility index (Phi) is 4.78. The van der Waals surface area contributed by atoms with Gasteiger partial charge in [0.1, 0.15) is 0 Å². The molecule has 0 bridgehead atoms. The van der Waals surface area contributed by atoms with E-state index in [9.17, 15) is 13.2 Å². The number of nitrogens with zero attached hydrogens (tertiary/aromatic N) is 6. The Bertz CT molecular complexity index is 1510. The molecule has 0 radical (unpaired) electrons. The van der Waals surface area contributed by atoms with Crippen molar-refractivity contribution in [1.82, 2.24) is 35.3 Å². The minimum absolute atomic E-state index is 0.139. The number of sulfone groups is 1. The summed E-state index contributed by atoms with van der Waals surface area (Å²) >= 11 is 0. The quantitative estimate of drug-likeness (QED) is 0.469. The number of benzene rings is 2. The van der Waals surface area contributed by atoms with Gasteiger partial charge in [0, 0.05) is 29.8 Å². The van der Waals surface area contributed by atoms with Gasteiger partial charge < -0.3 is 9.64 Å². The first-order valence-electron chi connectivity index (χ1n) is 10.7. The van der Waals surface area contributed by atoms with Crippen LogP contribution in [-0.2, 0) is 20.3 Å². The van der Waals surface area contributed by atoms with E-state index in [1.54, 1.807) is 33.8 Å². The molecule has 34 heavy (non-hydrogen) atoms. The average Bonchev–Trinajstić information content (AvgIpc) is 3.53. The van der Waals surface area contributed by atoms with Crippen LogP contribution in [0.2, 0.25) is 0 Å². The van der Waals surface area contributed by atoms with Crippen molar-refractivity contribution in [2.45, 2.75) is 10.6 Å². The summed E-state index contributed by atoms with van der Waals surface area (Å²) in [5.74, 6) is -0.187. The van der Waals surface area contributed by atoms with Crippen LogP contribution >= 0.6 is 0 Å². The second-order valence-corrected chi connectivity index (χ2v) is 9.99.